The summed E-state index contributed by atoms with van der Waals surface area (Å²) in [5.41, 5.74) is 2.54. The molecule has 37 heavy (non-hydrogen) atoms. The lowest BCUT2D eigenvalue weighted by Gasteiger charge is -2.40. The van der Waals surface area contributed by atoms with Crippen molar-refractivity contribution in [3.05, 3.63) is 40.1 Å². The first-order valence-corrected chi connectivity index (χ1v) is 13.5. The Morgan fingerprint density at radius 1 is 1.08 bits per heavy atom. The maximum atomic E-state index is 13.2. The van der Waals surface area contributed by atoms with E-state index in [1.807, 2.05) is 24.2 Å². The second-order valence-corrected chi connectivity index (χ2v) is 10.9. The number of carbonyl (C=O) groups excluding carboxylic acids is 1. The highest BCUT2D eigenvalue weighted by Gasteiger charge is 2.42. The number of H-pyrrole nitrogens is 1. The summed E-state index contributed by atoms with van der Waals surface area (Å²) in [5, 5.41) is 20.7. The quantitative estimate of drug-likeness (QED) is 0.458. The zero-order valence-electron chi connectivity index (χ0n) is 21.2. The lowest BCUT2D eigenvalue weighted by atomic mass is 10.0. The van der Waals surface area contributed by atoms with Crippen LogP contribution in [0.4, 0.5) is 11.6 Å². The predicted octanol–water partition coefficient (Wildman–Crippen LogP) is 1.37. The van der Waals surface area contributed by atoms with Gasteiger partial charge in [-0.1, -0.05) is 0 Å². The molecule has 4 heterocycles. The summed E-state index contributed by atoms with van der Waals surface area (Å²) >= 11 is 0. The van der Waals surface area contributed by atoms with Gasteiger partial charge in [-0.3, -0.25) is 9.59 Å². The Balaban J connectivity index is 1.00. The maximum Gasteiger partial charge on any atom is 0.269 e. The number of aromatic amines is 1. The molecule has 6 rings (SSSR count). The van der Waals surface area contributed by atoms with Crippen molar-refractivity contribution < 1.29 is 14.6 Å². The molecule has 0 bridgehead atoms. The number of amides is 1. The average Bonchev–Trinajstić information content (AvgIpc) is 3.82. The van der Waals surface area contributed by atoms with Crippen LogP contribution in [-0.2, 0) is 9.53 Å². The summed E-state index contributed by atoms with van der Waals surface area (Å²) in [5.74, 6) is 1.48. The molecule has 2 aliphatic heterocycles. The van der Waals surface area contributed by atoms with Gasteiger partial charge in [0.25, 0.3) is 11.5 Å². The van der Waals surface area contributed by atoms with Crippen LogP contribution < -0.4 is 15.8 Å². The van der Waals surface area contributed by atoms with Gasteiger partial charge in [-0.25, -0.2) is 15.1 Å². The van der Waals surface area contributed by atoms with Crippen molar-refractivity contribution in [2.45, 2.75) is 81.6 Å². The molecule has 2 aromatic heterocycles. The van der Waals surface area contributed by atoms with Gasteiger partial charge in [0.2, 0.25) is 5.95 Å². The zero-order valence-corrected chi connectivity index (χ0v) is 21.2. The minimum atomic E-state index is -0.673. The zero-order chi connectivity index (χ0) is 25.5. The Morgan fingerprint density at radius 2 is 1.84 bits per heavy atom. The van der Waals surface area contributed by atoms with Gasteiger partial charge in [0, 0.05) is 50.1 Å². The van der Waals surface area contributed by atoms with E-state index in [9.17, 15) is 14.7 Å². The molecule has 2 aliphatic carbocycles. The van der Waals surface area contributed by atoms with E-state index in [4.69, 9.17) is 4.74 Å². The number of aliphatic hydroxyl groups is 1. The number of nitrogens with one attached hydrogen (secondary N) is 2. The van der Waals surface area contributed by atoms with Crippen LogP contribution in [0.5, 0.6) is 0 Å². The number of carbonyl (C=O) groups is 1. The highest BCUT2D eigenvalue weighted by atomic mass is 16.5. The van der Waals surface area contributed by atoms with E-state index < -0.39 is 12.2 Å². The Labute approximate surface area is 215 Å². The van der Waals surface area contributed by atoms with Gasteiger partial charge in [0.05, 0.1) is 30.6 Å². The smallest absolute Gasteiger partial charge is 0.269 e. The monoisotopic (exact) mass is 509 g/mol. The normalized spacial score (nSPS) is 27.0. The minimum Gasteiger partial charge on any atom is -0.389 e. The molecule has 4 aliphatic rings. The molecule has 4 atom stereocenters. The second-order valence-electron chi connectivity index (χ2n) is 10.9. The van der Waals surface area contributed by atoms with Crippen molar-refractivity contribution in [3.8, 4) is 0 Å². The van der Waals surface area contributed by atoms with E-state index in [1.165, 1.54) is 18.4 Å². The standard InChI is InChI=1S/C26H35N7O4/c1-15(30-19-12-29-31-24(35)23(19)17-4-5-17)14-37-22-7-9-33(25(22)36)20-6-8-32(13-21(20)34)26-27-10-18(11-28-26)16-2-3-16/h10-12,15-17,20-22,34H,2-9,13-14H2,1H3,(H2,30,31,35). The fourth-order valence-corrected chi connectivity index (χ4v) is 5.61. The van der Waals surface area contributed by atoms with Crippen LogP contribution in [0, 0.1) is 0 Å². The number of anilines is 2. The van der Waals surface area contributed by atoms with Crippen LogP contribution in [0.25, 0.3) is 0 Å². The number of aromatic nitrogens is 4. The summed E-state index contributed by atoms with van der Waals surface area (Å²) in [7, 11) is 0. The van der Waals surface area contributed by atoms with E-state index >= 15 is 0 Å². The Morgan fingerprint density at radius 3 is 2.54 bits per heavy atom. The van der Waals surface area contributed by atoms with E-state index in [0.717, 1.165) is 24.1 Å². The van der Waals surface area contributed by atoms with Crippen LogP contribution in [0.2, 0.25) is 0 Å². The number of ether oxygens (including phenoxy) is 1. The van der Waals surface area contributed by atoms with E-state index in [2.05, 4.69) is 25.5 Å². The molecule has 0 radical (unpaired) electrons. The molecule has 2 aromatic rings. The molecule has 0 aromatic carbocycles. The van der Waals surface area contributed by atoms with Gasteiger partial charge in [-0.2, -0.15) is 5.10 Å². The van der Waals surface area contributed by atoms with Gasteiger partial charge < -0.3 is 25.0 Å². The van der Waals surface area contributed by atoms with Crippen LogP contribution >= 0.6 is 0 Å². The van der Waals surface area contributed by atoms with Crippen molar-refractivity contribution in [2.24, 2.45) is 0 Å². The molecule has 2 saturated carbocycles. The number of β-amino-alcohol motifs (C(OH)–C–C–N with tert-alkyl or cyclic N) is 1. The van der Waals surface area contributed by atoms with Gasteiger partial charge in [-0.15, -0.1) is 0 Å². The largest absolute Gasteiger partial charge is 0.389 e. The predicted molar refractivity (Wildman–Crippen MR) is 137 cm³/mol. The number of piperidine rings is 1. The minimum absolute atomic E-state index is 0.0637. The second kappa shape index (κ2) is 10.0. The fraction of sp³-hybridized carbons (Fsp3) is 0.654. The van der Waals surface area contributed by atoms with Crippen molar-refractivity contribution in [3.63, 3.8) is 0 Å². The van der Waals surface area contributed by atoms with Gasteiger partial charge in [0.15, 0.2) is 0 Å². The summed E-state index contributed by atoms with van der Waals surface area (Å²) < 4.78 is 6.01. The summed E-state index contributed by atoms with van der Waals surface area (Å²) in [6.07, 6.45) is 9.98. The molecule has 11 nitrogen and oxygen atoms in total. The number of nitrogens with zero attached hydrogens (tertiary/aromatic N) is 5. The first-order chi connectivity index (χ1) is 18.0. The van der Waals surface area contributed by atoms with Crippen molar-refractivity contribution >= 4 is 17.5 Å². The van der Waals surface area contributed by atoms with Crippen molar-refractivity contribution in [2.75, 3.05) is 36.5 Å². The molecule has 0 spiro atoms. The van der Waals surface area contributed by atoms with E-state index in [-0.39, 0.29) is 23.6 Å². The Hall–Kier alpha value is -3.05. The molecule has 4 unspecified atom stereocenters. The highest BCUT2D eigenvalue weighted by Crippen LogP contribution is 2.41. The van der Waals surface area contributed by atoms with Crippen LogP contribution in [0.3, 0.4) is 0 Å². The average molecular weight is 510 g/mol. The first-order valence-electron chi connectivity index (χ1n) is 13.5. The molecule has 4 fully saturated rings. The Kier molecular flexibility index (Phi) is 6.58. The van der Waals surface area contributed by atoms with Crippen LogP contribution in [-0.4, -0.2) is 86.6 Å². The van der Waals surface area contributed by atoms with Gasteiger partial charge in [0.1, 0.15) is 6.10 Å². The molecule has 11 heteroatoms. The molecule has 1 amide bonds. The SMILES string of the molecule is CC(COC1CCN(C2CCN(c3ncc(C4CC4)cn3)CC2O)C1=O)Nc1cn[nH]c(=O)c1C1CC1. The summed E-state index contributed by atoms with van der Waals surface area (Å²) in [6, 6.07) is -0.329. The number of aliphatic hydroxyl groups excluding tert-OH is 1. The first kappa shape index (κ1) is 24.3. The number of likely N-dealkylation sites (tertiary alicyclic amines) is 1. The van der Waals surface area contributed by atoms with Gasteiger partial charge in [-0.05, 0) is 56.4 Å². The topological polar surface area (TPSA) is 137 Å². The third-order valence-electron chi connectivity index (χ3n) is 7.96. The molecule has 198 valence electrons. The molecular weight excluding hydrogens is 474 g/mol. The highest BCUT2D eigenvalue weighted by molar-refractivity contribution is 5.83. The molecule has 3 N–H and O–H groups in total. The fourth-order valence-electron chi connectivity index (χ4n) is 5.61. The van der Waals surface area contributed by atoms with Crippen molar-refractivity contribution in [1.29, 1.82) is 0 Å². The van der Waals surface area contributed by atoms with E-state index in [1.54, 1.807) is 11.1 Å². The maximum absolute atomic E-state index is 13.2. The number of rotatable bonds is 9. The van der Waals surface area contributed by atoms with E-state index in [0.29, 0.717) is 56.9 Å². The van der Waals surface area contributed by atoms with Gasteiger partial charge >= 0.3 is 0 Å². The lowest BCUT2D eigenvalue weighted by molar-refractivity contribution is -0.141. The molecule has 2 saturated heterocycles. The number of hydrogen-bond acceptors (Lipinski definition) is 9. The van der Waals surface area contributed by atoms with Crippen LogP contribution in [0.15, 0.2) is 23.4 Å². The third kappa shape index (κ3) is 5.19. The summed E-state index contributed by atoms with van der Waals surface area (Å²) in [4.78, 5) is 38.2. The lowest BCUT2D eigenvalue weighted by Crippen LogP contribution is -2.55. The third-order valence-corrected chi connectivity index (χ3v) is 7.96. The Bertz CT molecular complexity index is 1180. The number of hydrogen-bond donors (Lipinski definition) is 3. The van der Waals surface area contributed by atoms with Crippen LogP contribution in [0.1, 0.15) is 68.4 Å². The summed E-state index contributed by atoms with van der Waals surface area (Å²) in [6.45, 7) is 3.96. The van der Waals surface area contributed by atoms with Crippen molar-refractivity contribution in [1.82, 2.24) is 25.1 Å². The molecular formula is C26H35N7O4.